The van der Waals surface area contributed by atoms with Crippen LogP contribution in [-0.4, -0.2) is 44.8 Å². The smallest absolute Gasteiger partial charge is 0.308 e. The van der Waals surface area contributed by atoms with Crippen LogP contribution in [0, 0.1) is 12.8 Å². The van der Waals surface area contributed by atoms with E-state index in [1.54, 1.807) is 4.90 Å². The molecule has 6 nitrogen and oxygen atoms in total. The van der Waals surface area contributed by atoms with E-state index in [0.717, 1.165) is 48.2 Å². The molecule has 2 aromatic rings. The second-order valence-corrected chi connectivity index (χ2v) is 7.25. The summed E-state index contributed by atoms with van der Waals surface area (Å²) in [5.74, 6) is -1.42. The standard InChI is InChI=1S/C20H23N3O3/c1-13-6-2-3-9-16(13)23-17-10-4-8-15(17)18(21-23)19(24)22-11-5-7-14(12-22)20(25)26/h2-3,6,9,14H,4-5,7-8,10-12H2,1H3,(H,25,26)/t14-/m0/s1. The van der Waals surface area contributed by atoms with Gasteiger partial charge in [0, 0.05) is 24.3 Å². The quantitative estimate of drug-likeness (QED) is 0.920. The van der Waals surface area contributed by atoms with Gasteiger partial charge in [0.25, 0.3) is 5.91 Å². The topological polar surface area (TPSA) is 75.4 Å². The van der Waals surface area contributed by atoms with E-state index in [1.165, 1.54) is 0 Å². The maximum absolute atomic E-state index is 13.1. The number of amides is 1. The van der Waals surface area contributed by atoms with Crippen LogP contribution in [-0.2, 0) is 17.6 Å². The highest BCUT2D eigenvalue weighted by Crippen LogP contribution is 2.30. The lowest BCUT2D eigenvalue weighted by Crippen LogP contribution is -2.42. The number of carboxylic acid groups (broad SMARTS) is 1. The zero-order valence-electron chi connectivity index (χ0n) is 14.9. The SMILES string of the molecule is Cc1ccccc1-n1nc(C(=O)N2CCC[C@H](C(=O)O)C2)c2c1CCC2. The van der Waals surface area contributed by atoms with Gasteiger partial charge in [-0.15, -0.1) is 0 Å². The number of likely N-dealkylation sites (tertiary alicyclic amines) is 1. The Morgan fingerprint density at radius 1 is 1.19 bits per heavy atom. The van der Waals surface area contributed by atoms with Crippen molar-refractivity contribution < 1.29 is 14.7 Å². The van der Waals surface area contributed by atoms with Crippen molar-refractivity contribution in [3.63, 3.8) is 0 Å². The van der Waals surface area contributed by atoms with E-state index in [9.17, 15) is 14.7 Å². The molecule has 1 saturated heterocycles. The number of hydrogen-bond acceptors (Lipinski definition) is 3. The number of rotatable bonds is 3. The summed E-state index contributed by atoms with van der Waals surface area (Å²) in [7, 11) is 0. The van der Waals surface area contributed by atoms with Gasteiger partial charge in [-0.3, -0.25) is 9.59 Å². The Kier molecular flexibility index (Phi) is 4.26. The van der Waals surface area contributed by atoms with Gasteiger partial charge >= 0.3 is 5.97 Å². The number of aliphatic carboxylic acids is 1. The Balaban J connectivity index is 1.69. The lowest BCUT2D eigenvalue weighted by atomic mass is 9.98. The Morgan fingerprint density at radius 2 is 2.00 bits per heavy atom. The number of aryl methyl sites for hydroxylation is 1. The van der Waals surface area contributed by atoms with Gasteiger partial charge < -0.3 is 10.0 Å². The predicted molar refractivity (Wildman–Crippen MR) is 96.6 cm³/mol. The summed E-state index contributed by atoms with van der Waals surface area (Å²) in [4.78, 5) is 26.1. The molecule has 1 amide bonds. The van der Waals surface area contributed by atoms with Crippen LogP contribution in [0.4, 0.5) is 0 Å². The number of para-hydroxylation sites is 1. The molecule has 1 aromatic heterocycles. The lowest BCUT2D eigenvalue weighted by molar-refractivity contribution is -0.143. The highest BCUT2D eigenvalue weighted by Gasteiger charge is 2.33. The molecule has 1 fully saturated rings. The van der Waals surface area contributed by atoms with Gasteiger partial charge in [-0.05, 0) is 50.7 Å². The largest absolute Gasteiger partial charge is 0.481 e. The normalized spacial score (nSPS) is 19.4. The number of fused-ring (bicyclic) bond motifs is 1. The van der Waals surface area contributed by atoms with Crippen molar-refractivity contribution in [2.24, 2.45) is 5.92 Å². The minimum Gasteiger partial charge on any atom is -0.481 e. The number of nitrogens with zero attached hydrogens (tertiary/aromatic N) is 3. The predicted octanol–water partition coefficient (Wildman–Crippen LogP) is 2.61. The second-order valence-electron chi connectivity index (χ2n) is 7.25. The molecule has 0 saturated carbocycles. The fraction of sp³-hybridized carbons (Fsp3) is 0.450. The van der Waals surface area contributed by atoms with Gasteiger partial charge in [-0.25, -0.2) is 4.68 Å². The third kappa shape index (κ3) is 2.79. The maximum atomic E-state index is 13.1. The number of carbonyl (C=O) groups excluding carboxylic acids is 1. The van der Waals surface area contributed by atoms with Gasteiger partial charge in [-0.1, -0.05) is 18.2 Å². The molecule has 1 atom stereocenters. The molecule has 0 radical (unpaired) electrons. The van der Waals surface area contributed by atoms with Crippen LogP contribution < -0.4 is 0 Å². The Bertz CT molecular complexity index is 871. The minimum absolute atomic E-state index is 0.124. The zero-order chi connectivity index (χ0) is 18.3. The summed E-state index contributed by atoms with van der Waals surface area (Å²) in [6, 6.07) is 8.04. The van der Waals surface area contributed by atoms with Crippen molar-refractivity contribution in [2.75, 3.05) is 13.1 Å². The van der Waals surface area contributed by atoms with Crippen molar-refractivity contribution in [2.45, 2.75) is 39.0 Å². The first-order valence-electron chi connectivity index (χ1n) is 9.25. The van der Waals surface area contributed by atoms with Gasteiger partial charge in [0.1, 0.15) is 0 Å². The molecule has 2 heterocycles. The monoisotopic (exact) mass is 353 g/mol. The molecular formula is C20H23N3O3. The third-order valence-electron chi connectivity index (χ3n) is 5.53. The molecular weight excluding hydrogens is 330 g/mol. The van der Waals surface area contributed by atoms with Gasteiger partial charge in [0.2, 0.25) is 0 Å². The Hall–Kier alpha value is -2.63. The zero-order valence-corrected chi connectivity index (χ0v) is 14.9. The first-order chi connectivity index (χ1) is 12.6. The highest BCUT2D eigenvalue weighted by molar-refractivity contribution is 5.94. The van der Waals surface area contributed by atoms with Crippen molar-refractivity contribution in [1.82, 2.24) is 14.7 Å². The molecule has 2 aliphatic rings. The van der Waals surface area contributed by atoms with Crippen molar-refractivity contribution in [1.29, 1.82) is 0 Å². The summed E-state index contributed by atoms with van der Waals surface area (Å²) in [6.07, 6.45) is 4.16. The van der Waals surface area contributed by atoms with Crippen LogP contribution in [0.2, 0.25) is 0 Å². The van der Waals surface area contributed by atoms with Crippen LogP contribution in [0.3, 0.4) is 0 Å². The fourth-order valence-electron chi connectivity index (χ4n) is 4.12. The van der Waals surface area contributed by atoms with Gasteiger partial charge in [-0.2, -0.15) is 5.10 Å². The molecule has 1 aromatic carbocycles. The molecule has 0 unspecified atom stereocenters. The molecule has 1 N–H and O–H groups in total. The number of benzene rings is 1. The number of carbonyl (C=O) groups is 2. The minimum atomic E-state index is -0.821. The van der Waals surface area contributed by atoms with Crippen molar-refractivity contribution in [3.8, 4) is 5.69 Å². The summed E-state index contributed by atoms with van der Waals surface area (Å²) >= 11 is 0. The third-order valence-corrected chi connectivity index (χ3v) is 5.53. The Labute approximate surface area is 152 Å². The summed E-state index contributed by atoms with van der Waals surface area (Å²) in [6.45, 7) is 2.93. The van der Waals surface area contributed by atoms with Crippen LogP contribution in [0.5, 0.6) is 0 Å². The van der Waals surface area contributed by atoms with Crippen LogP contribution in [0.15, 0.2) is 24.3 Å². The average Bonchev–Trinajstić information content (AvgIpc) is 3.24. The van der Waals surface area contributed by atoms with E-state index < -0.39 is 11.9 Å². The van der Waals surface area contributed by atoms with Crippen LogP contribution in [0.1, 0.15) is 46.6 Å². The Morgan fingerprint density at radius 3 is 2.77 bits per heavy atom. The molecule has 1 aliphatic heterocycles. The van der Waals surface area contributed by atoms with E-state index in [0.29, 0.717) is 18.7 Å². The van der Waals surface area contributed by atoms with E-state index >= 15 is 0 Å². The highest BCUT2D eigenvalue weighted by atomic mass is 16.4. The fourth-order valence-corrected chi connectivity index (χ4v) is 4.12. The first kappa shape index (κ1) is 16.8. The summed E-state index contributed by atoms with van der Waals surface area (Å²) in [5.41, 5.74) is 4.79. The lowest BCUT2D eigenvalue weighted by Gasteiger charge is -2.30. The van der Waals surface area contributed by atoms with Crippen molar-refractivity contribution in [3.05, 3.63) is 46.8 Å². The summed E-state index contributed by atoms with van der Waals surface area (Å²) in [5, 5.41) is 14.0. The van der Waals surface area contributed by atoms with E-state index in [4.69, 9.17) is 0 Å². The van der Waals surface area contributed by atoms with E-state index in [-0.39, 0.29) is 12.5 Å². The van der Waals surface area contributed by atoms with Crippen molar-refractivity contribution >= 4 is 11.9 Å². The molecule has 4 rings (SSSR count). The van der Waals surface area contributed by atoms with Gasteiger partial charge in [0.05, 0.1) is 11.6 Å². The molecule has 0 spiro atoms. The average molecular weight is 353 g/mol. The number of hydrogen-bond donors (Lipinski definition) is 1. The second kappa shape index (κ2) is 6.59. The van der Waals surface area contributed by atoms with Crippen LogP contribution >= 0.6 is 0 Å². The van der Waals surface area contributed by atoms with E-state index in [2.05, 4.69) is 5.10 Å². The molecule has 26 heavy (non-hydrogen) atoms. The van der Waals surface area contributed by atoms with Crippen LogP contribution in [0.25, 0.3) is 5.69 Å². The molecule has 6 heteroatoms. The molecule has 136 valence electrons. The number of piperidine rings is 1. The number of carboxylic acids is 1. The van der Waals surface area contributed by atoms with E-state index in [1.807, 2.05) is 35.9 Å². The molecule has 0 bridgehead atoms. The first-order valence-corrected chi connectivity index (χ1v) is 9.25. The maximum Gasteiger partial charge on any atom is 0.308 e. The molecule has 1 aliphatic carbocycles. The summed E-state index contributed by atoms with van der Waals surface area (Å²) < 4.78 is 1.92. The van der Waals surface area contributed by atoms with Gasteiger partial charge in [0.15, 0.2) is 5.69 Å². The number of aromatic nitrogens is 2.